The summed E-state index contributed by atoms with van der Waals surface area (Å²) in [5, 5.41) is 50.0. The highest BCUT2D eigenvalue weighted by Gasteiger charge is 2.54. The summed E-state index contributed by atoms with van der Waals surface area (Å²) in [5.74, 6) is 0. The molecule has 0 aliphatic carbocycles. The summed E-state index contributed by atoms with van der Waals surface area (Å²) in [5.41, 5.74) is 0. The Bertz CT molecular complexity index is 1020. The predicted molar refractivity (Wildman–Crippen MR) is 99.9 cm³/mol. The molecule has 2 fully saturated rings. The van der Waals surface area contributed by atoms with Gasteiger partial charge in [0.15, 0.2) is 24.8 Å². The van der Waals surface area contributed by atoms with E-state index >= 15 is 0 Å². The van der Waals surface area contributed by atoms with Gasteiger partial charge in [0.2, 0.25) is 0 Å². The van der Waals surface area contributed by atoms with E-state index in [2.05, 4.69) is 12.5 Å². The van der Waals surface area contributed by atoms with Crippen LogP contribution in [0.3, 0.4) is 0 Å². The number of aliphatic hydroxyl groups is 5. The second-order valence-electron chi connectivity index (χ2n) is 7.05. The van der Waals surface area contributed by atoms with Gasteiger partial charge in [0.1, 0.15) is 36.6 Å². The van der Waals surface area contributed by atoms with Crippen LogP contribution in [0.25, 0.3) is 0 Å². The first-order valence-corrected chi connectivity index (χ1v) is 13.1. The van der Waals surface area contributed by atoms with Crippen LogP contribution in [0.15, 0.2) is 0 Å². The van der Waals surface area contributed by atoms with Gasteiger partial charge in [0, 0.05) is 0 Å². The molecule has 208 valence electrons. The first-order valence-electron chi connectivity index (χ1n) is 9.05. The highest BCUT2D eigenvalue weighted by Crippen LogP contribution is 2.32. The minimum Gasteiger partial charge on any atom is -0.394 e. The molecule has 0 amide bonds. The van der Waals surface area contributed by atoms with Crippen molar-refractivity contribution in [2.24, 2.45) is 0 Å². The fourth-order valence-corrected chi connectivity index (χ4v) is 4.44. The number of ether oxygens (including phenoxy) is 3. The molecule has 8 N–H and O–H groups in total. The van der Waals surface area contributed by atoms with Crippen molar-refractivity contribution in [1.82, 2.24) is 0 Å². The van der Waals surface area contributed by atoms with Crippen LogP contribution in [0, 0.1) is 0 Å². The summed E-state index contributed by atoms with van der Waals surface area (Å²) >= 11 is 0. The summed E-state index contributed by atoms with van der Waals surface area (Å²) in [7, 11) is -15.9. The Kier molecular flexibility index (Phi) is 9.90. The largest absolute Gasteiger partial charge is 0.397 e. The molecule has 0 aromatic rings. The van der Waals surface area contributed by atoms with Gasteiger partial charge in [-0.25, -0.2) is 12.5 Å². The molecule has 0 aromatic carbocycles. The molecule has 35 heavy (non-hydrogen) atoms. The van der Waals surface area contributed by atoms with Crippen LogP contribution in [0.2, 0.25) is 0 Å². The van der Waals surface area contributed by atoms with E-state index in [1.807, 2.05) is 0 Å². The molecule has 0 saturated carbocycles. The van der Waals surface area contributed by atoms with E-state index in [-0.39, 0.29) is 0 Å². The van der Waals surface area contributed by atoms with Gasteiger partial charge in [-0.2, -0.15) is 25.3 Å². The van der Waals surface area contributed by atoms with Crippen LogP contribution in [0.1, 0.15) is 0 Å². The summed E-state index contributed by atoms with van der Waals surface area (Å²) in [6.45, 7) is -2.24. The van der Waals surface area contributed by atoms with E-state index in [0.717, 1.165) is 0 Å². The molecular weight excluding hydrogens is 560 g/mol. The molecule has 0 unspecified atom stereocenters. The highest BCUT2D eigenvalue weighted by molar-refractivity contribution is 7.81. The molecule has 2 rings (SSSR count). The fraction of sp³-hybridized carbons (Fsp3) is 1.00. The quantitative estimate of drug-likeness (QED) is 0.111. The SMILES string of the molecule is O=S(=O)(O)OC[C@H]1O[C@H](O[C@H]2[C@@H](O)[C@@H](CO)O[C@@H](O)[C@@H]2OS(=O)(=O)O)[C@H](OS(=O)(=O)O)[C@@H](O)[C@H]1O. The number of hydrogen-bond acceptors (Lipinski definition) is 17. The number of aliphatic hydroxyl groups excluding tert-OH is 5. The normalized spacial score (nSPS) is 39.4. The van der Waals surface area contributed by atoms with Crippen molar-refractivity contribution in [3.63, 3.8) is 0 Å². The number of hydrogen-bond donors (Lipinski definition) is 8. The van der Waals surface area contributed by atoms with Crippen LogP contribution in [-0.4, -0.2) is 139 Å². The highest BCUT2D eigenvalue weighted by atomic mass is 32.3. The van der Waals surface area contributed by atoms with Gasteiger partial charge in [0.05, 0.1) is 13.2 Å². The summed E-state index contributed by atoms with van der Waals surface area (Å²) in [6.07, 6.45) is -22.0. The summed E-state index contributed by atoms with van der Waals surface area (Å²) < 4.78 is 120. The fourth-order valence-electron chi connectivity index (χ4n) is 3.16. The molecule has 2 saturated heterocycles. The van der Waals surface area contributed by atoms with Gasteiger partial charge in [-0.15, -0.1) is 0 Å². The van der Waals surface area contributed by atoms with Crippen molar-refractivity contribution in [2.75, 3.05) is 13.2 Å². The van der Waals surface area contributed by atoms with Crippen LogP contribution in [-0.2, 0) is 58.0 Å². The van der Waals surface area contributed by atoms with Crippen molar-refractivity contribution in [3.8, 4) is 0 Å². The van der Waals surface area contributed by atoms with Gasteiger partial charge >= 0.3 is 31.2 Å². The zero-order chi connectivity index (χ0) is 26.9. The van der Waals surface area contributed by atoms with Gasteiger partial charge in [-0.05, 0) is 0 Å². The first-order chi connectivity index (χ1) is 15.8. The van der Waals surface area contributed by atoms with Crippen molar-refractivity contribution < 1.29 is 91.2 Å². The van der Waals surface area contributed by atoms with Gasteiger partial charge in [0.25, 0.3) is 0 Å². The van der Waals surface area contributed by atoms with E-state index in [4.69, 9.17) is 27.9 Å². The average molecular weight is 582 g/mol. The standard InChI is InChI=1S/C12H22O20S3/c13-1-3-6(15)8(10(11(17)28-3)32-35(24,25)26)30-12-9(31-34(21,22)23)7(16)5(14)4(29-12)2-27-33(18,19)20/h3-17H,1-2H2,(H,18,19,20)(H,21,22,23)(H,24,25,26)/t3-,4-,5+,6+,7+,8+,9-,10-,11-,12-/m1/s1. The van der Waals surface area contributed by atoms with Crippen molar-refractivity contribution >= 4 is 31.2 Å². The zero-order valence-electron chi connectivity index (χ0n) is 16.9. The van der Waals surface area contributed by atoms with E-state index in [9.17, 15) is 50.8 Å². The Morgan fingerprint density at radius 1 is 0.657 bits per heavy atom. The summed E-state index contributed by atoms with van der Waals surface area (Å²) in [4.78, 5) is 0. The molecule has 10 atom stereocenters. The first kappa shape index (κ1) is 30.5. The number of rotatable bonds is 10. The van der Waals surface area contributed by atoms with E-state index in [1.165, 1.54) is 0 Å². The molecule has 20 nitrogen and oxygen atoms in total. The maximum absolute atomic E-state index is 11.2. The average Bonchev–Trinajstić information content (AvgIpc) is 2.69. The van der Waals surface area contributed by atoms with Crippen LogP contribution in [0.5, 0.6) is 0 Å². The van der Waals surface area contributed by atoms with E-state index in [0.29, 0.717) is 0 Å². The molecule has 0 radical (unpaired) electrons. The lowest BCUT2D eigenvalue weighted by Crippen LogP contribution is -2.65. The van der Waals surface area contributed by atoms with E-state index in [1.54, 1.807) is 0 Å². The second-order valence-corrected chi connectivity index (χ2v) is 10.2. The molecule has 0 bridgehead atoms. The molecule has 0 spiro atoms. The minimum absolute atomic E-state index is 1.01. The maximum Gasteiger partial charge on any atom is 0.397 e. The van der Waals surface area contributed by atoms with Crippen molar-refractivity contribution in [2.45, 2.75) is 61.4 Å². The molecule has 23 heteroatoms. The summed E-state index contributed by atoms with van der Waals surface area (Å²) in [6, 6.07) is 0. The molecule has 0 aromatic heterocycles. The Hall–Kier alpha value is -0.710. The lowest BCUT2D eigenvalue weighted by Gasteiger charge is -2.46. The van der Waals surface area contributed by atoms with Crippen molar-refractivity contribution in [3.05, 3.63) is 0 Å². The molecule has 2 aliphatic rings. The Morgan fingerprint density at radius 3 is 1.69 bits per heavy atom. The van der Waals surface area contributed by atoms with Crippen molar-refractivity contribution in [1.29, 1.82) is 0 Å². The molecule has 2 heterocycles. The van der Waals surface area contributed by atoms with Gasteiger partial charge < -0.3 is 39.7 Å². The Morgan fingerprint density at radius 2 is 1.20 bits per heavy atom. The third kappa shape index (κ3) is 8.68. The zero-order valence-corrected chi connectivity index (χ0v) is 19.3. The van der Waals surface area contributed by atoms with Crippen LogP contribution in [0.4, 0.5) is 0 Å². The molecule has 2 aliphatic heterocycles. The molecular formula is C12H22O20S3. The van der Waals surface area contributed by atoms with Crippen LogP contribution >= 0.6 is 0 Å². The van der Waals surface area contributed by atoms with Crippen LogP contribution < -0.4 is 0 Å². The maximum atomic E-state index is 11.2. The second kappa shape index (κ2) is 11.4. The monoisotopic (exact) mass is 582 g/mol. The Balaban J connectivity index is 2.43. The minimum atomic E-state index is -5.43. The van der Waals surface area contributed by atoms with Gasteiger partial charge in [-0.3, -0.25) is 13.7 Å². The lowest BCUT2D eigenvalue weighted by molar-refractivity contribution is -0.349. The predicted octanol–water partition coefficient (Wildman–Crippen LogP) is -5.92. The van der Waals surface area contributed by atoms with Gasteiger partial charge in [-0.1, -0.05) is 0 Å². The third-order valence-electron chi connectivity index (χ3n) is 4.60. The topological polar surface area (TPSA) is 320 Å². The lowest BCUT2D eigenvalue weighted by atomic mass is 9.97. The smallest absolute Gasteiger partial charge is 0.394 e. The Labute approximate surface area is 197 Å². The van der Waals surface area contributed by atoms with E-state index < -0.39 is 106 Å². The third-order valence-corrected chi connectivity index (χ3v) is 5.96.